The zero-order chi connectivity index (χ0) is 20.3. The number of benzene rings is 1. The summed E-state index contributed by atoms with van der Waals surface area (Å²) in [5, 5.41) is 11.4. The van der Waals surface area contributed by atoms with E-state index in [1.807, 2.05) is 19.1 Å². The Kier molecular flexibility index (Phi) is 7.70. The zero-order valence-corrected chi connectivity index (χ0v) is 21.1. The molecule has 148 valence electrons. The molecule has 0 spiro atoms. The number of urea groups is 1. The van der Waals surface area contributed by atoms with Crippen LogP contribution in [0.4, 0.5) is 4.79 Å². The fraction of sp³-hybridized carbons (Fsp3) is 0.222. The van der Waals surface area contributed by atoms with Crippen molar-refractivity contribution in [3.8, 4) is 15.8 Å². The van der Waals surface area contributed by atoms with E-state index in [2.05, 4.69) is 48.6 Å². The Morgan fingerprint density at radius 2 is 2.00 bits per heavy atom. The van der Waals surface area contributed by atoms with E-state index >= 15 is 0 Å². The van der Waals surface area contributed by atoms with Gasteiger partial charge in [-0.15, -0.1) is 0 Å². The summed E-state index contributed by atoms with van der Waals surface area (Å²) >= 11 is 19.9. The first kappa shape index (κ1) is 21.9. The van der Waals surface area contributed by atoms with Crippen LogP contribution in [0.2, 0.25) is 10.0 Å². The van der Waals surface area contributed by atoms with E-state index in [4.69, 9.17) is 28.3 Å². The molecule has 0 atom stereocenters. The Balaban J connectivity index is 2.01. The molecule has 0 aliphatic heterocycles. The number of hydrogen-bond donors (Lipinski definition) is 2. The maximum absolute atomic E-state index is 11.9. The quantitative estimate of drug-likeness (QED) is 0.354. The number of amides is 2. The second-order valence-electron chi connectivity index (χ2n) is 5.83. The minimum atomic E-state index is -0.219. The predicted molar refractivity (Wildman–Crippen MR) is 122 cm³/mol. The average Bonchev–Trinajstić information content (AvgIpc) is 3.21. The third-order valence-electron chi connectivity index (χ3n) is 3.79. The van der Waals surface area contributed by atoms with Crippen LogP contribution in [-0.4, -0.2) is 36.9 Å². The molecule has 1 aromatic carbocycles. The van der Waals surface area contributed by atoms with Crippen LogP contribution >= 0.6 is 55.1 Å². The van der Waals surface area contributed by atoms with Gasteiger partial charge in [-0.1, -0.05) is 0 Å². The van der Waals surface area contributed by atoms with Gasteiger partial charge in [-0.05, 0) is 0 Å². The first-order valence-corrected chi connectivity index (χ1v) is 12.5. The number of carbonyl (C=O) groups excluding carboxylic acids is 1. The van der Waals surface area contributed by atoms with Crippen molar-refractivity contribution >= 4 is 75.6 Å². The molecule has 2 N–H and O–H groups in total. The molecule has 0 unspecified atom stereocenters. The zero-order valence-electron chi connectivity index (χ0n) is 14.7. The van der Waals surface area contributed by atoms with Crippen molar-refractivity contribution in [2.24, 2.45) is 0 Å². The predicted octanol–water partition coefficient (Wildman–Crippen LogP) is 5.64. The number of aromatic nitrogens is 2. The summed E-state index contributed by atoms with van der Waals surface area (Å²) in [6, 6.07) is 9.19. The van der Waals surface area contributed by atoms with Crippen molar-refractivity contribution in [2.75, 3.05) is 6.54 Å². The van der Waals surface area contributed by atoms with E-state index in [1.165, 1.54) is 0 Å². The van der Waals surface area contributed by atoms with Crippen LogP contribution in [0.3, 0.4) is 0 Å². The van der Waals surface area contributed by atoms with Gasteiger partial charge >= 0.3 is 197 Å². The van der Waals surface area contributed by atoms with Gasteiger partial charge in [0.1, 0.15) is 0 Å². The number of nitrogens with one attached hydrogen (secondary N) is 2. The van der Waals surface area contributed by atoms with E-state index in [1.54, 1.807) is 16.8 Å². The molecule has 5 nitrogen and oxygen atoms in total. The molecule has 0 aliphatic carbocycles. The Hall–Kier alpha value is -0.761. The van der Waals surface area contributed by atoms with E-state index in [-0.39, 0.29) is 27.1 Å². The third-order valence-corrected chi connectivity index (χ3v) is 8.11. The summed E-state index contributed by atoms with van der Waals surface area (Å²) in [6.45, 7) is 2.92. The molecule has 0 bridgehead atoms. The molecule has 2 heterocycles. The van der Waals surface area contributed by atoms with Crippen molar-refractivity contribution in [3.63, 3.8) is 0 Å². The van der Waals surface area contributed by atoms with Crippen molar-refractivity contribution < 1.29 is 4.79 Å². The maximum atomic E-state index is 11.9. The number of hydrogen-bond acceptors (Lipinski definition) is 2. The summed E-state index contributed by atoms with van der Waals surface area (Å²) in [5.41, 5.74) is 2.36. The molecular weight excluding hydrogens is 598 g/mol. The van der Waals surface area contributed by atoms with E-state index in [0.29, 0.717) is 22.3 Å². The Labute approximate surface area is 195 Å². The van der Waals surface area contributed by atoms with Crippen molar-refractivity contribution in [3.05, 3.63) is 53.9 Å². The topological polar surface area (TPSA) is 59.0 Å². The second kappa shape index (κ2) is 9.83. The summed E-state index contributed by atoms with van der Waals surface area (Å²) in [7, 11) is 0. The minimum absolute atomic E-state index is 0.127. The van der Waals surface area contributed by atoms with Crippen molar-refractivity contribution in [1.29, 1.82) is 0 Å². The van der Waals surface area contributed by atoms with Crippen LogP contribution < -0.4 is 10.6 Å². The molecule has 10 heteroatoms. The van der Waals surface area contributed by atoms with Gasteiger partial charge < -0.3 is 0 Å². The molecular formula is C18H16Br2Cl2N4OSe. The van der Waals surface area contributed by atoms with E-state index in [9.17, 15) is 4.79 Å². The Bertz CT molecular complexity index is 1010. The molecule has 0 saturated carbocycles. The molecule has 0 fully saturated rings. The van der Waals surface area contributed by atoms with Crippen molar-refractivity contribution in [1.82, 2.24) is 20.4 Å². The Morgan fingerprint density at radius 1 is 1.21 bits per heavy atom. The van der Waals surface area contributed by atoms with E-state index < -0.39 is 0 Å². The van der Waals surface area contributed by atoms with Crippen LogP contribution in [0.15, 0.2) is 38.2 Å². The normalized spacial score (nSPS) is 10.9. The molecule has 28 heavy (non-hydrogen) atoms. The third kappa shape index (κ3) is 5.04. The number of carbonyl (C=O) groups is 1. The average molecular weight is 614 g/mol. The molecule has 0 aliphatic rings. The first-order valence-electron chi connectivity index (χ1n) is 8.41. The van der Waals surface area contributed by atoms with Crippen LogP contribution in [-0.2, 0) is 6.54 Å². The van der Waals surface area contributed by atoms with Gasteiger partial charge in [-0.3, -0.25) is 0 Å². The van der Waals surface area contributed by atoms with Crippen LogP contribution in [0.5, 0.6) is 0 Å². The molecule has 2 amide bonds. The monoisotopic (exact) mass is 612 g/mol. The number of nitrogens with zero attached hydrogens (tertiary/aromatic N) is 2. The number of halogens is 4. The summed E-state index contributed by atoms with van der Waals surface area (Å²) in [5.74, 6) is 0. The van der Waals surface area contributed by atoms with Gasteiger partial charge in [-0.25, -0.2) is 0 Å². The summed E-state index contributed by atoms with van der Waals surface area (Å²) in [6.07, 6.45) is 0.878. The standard InChI is InChI=1S/C18H16Br2Cl2N4OSe/c1-2-7-23-18(27)24-9-12-16(20)17(14-5-6-15(19)28-14)26(25-12)13-4-3-10(21)8-11(13)22/h3-6,8H,2,7,9H2,1H3,(H2,23,24,27). The molecule has 0 saturated heterocycles. The van der Waals surface area contributed by atoms with Crippen LogP contribution in [0.25, 0.3) is 15.8 Å². The van der Waals surface area contributed by atoms with Gasteiger partial charge in [0.15, 0.2) is 0 Å². The molecule has 2 aromatic heterocycles. The van der Waals surface area contributed by atoms with Gasteiger partial charge in [0.05, 0.1) is 0 Å². The SMILES string of the molecule is CCCNC(=O)NCc1nn(-c2ccc(Cl)cc2Cl)c(-c2ccc(Br)[se]2)c1Br. The van der Waals surface area contributed by atoms with Crippen LogP contribution in [0.1, 0.15) is 19.0 Å². The fourth-order valence-corrected chi connectivity index (χ4v) is 6.54. The van der Waals surface area contributed by atoms with Gasteiger partial charge in [0.25, 0.3) is 0 Å². The molecule has 0 radical (unpaired) electrons. The fourth-order valence-electron chi connectivity index (χ4n) is 2.50. The summed E-state index contributed by atoms with van der Waals surface area (Å²) < 4.78 is 4.93. The first-order chi connectivity index (χ1) is 13.4. The Morgan fingerprint density at radius 3 is 2.64 bits per heavy atom. The number of rotatable bonds is 6. The van der Waals surface area contributed by atoms with E-state index in [0.717, 1.165) is 30.1 Å². The molecule has 3 rings (SSSR count). The summed E-state index contributed by atoms with van der Waals surface area (Å²) in [4.78, 5) is 11.9. The second-order valence-corrected chi connectivity index (χ2v) is 11.8. The van der Waals surface area contributed by atoms with Crippen molar-refractivity contribution in [2.45, 2.75) is 19.9 Å². The van der Waals surface area contributed by atoms with Gasteiger partial charge in [0, 0.05) is 0 Å². The molecule has 3 aromatic rings. The van der Waals surface area contributed by atoms with Crippen LogP contribution in [0, 0.1) is 0 Å². The van der Waals surface area contributed by atoms with Gasteiger partial charge in [0.2, 0.25) is 0 Å². The van der Waals surface area contributed by atoms with Gasteiger partial charge in [-0.2, -0.15) is 0 Å².